The Kier molecular flexibility index (Phi) is 7.23. The number of fused-ring (bicyclic) bond motifs is 2. The molecule has 1 N–H and O–H groups in total. The number of piperazine rings is 1. The van der Waals surface area contributed by atoms with Gasteiger partial charge < -0.3 is 19.8 Å². The molecular weight excluding hydrogens is 524 g/mol. The molecule has 2 aliphatic heterocycles. The molecule has 8 nitrogen and oxygen atoms in total. The van der Waals surface area contributed by atoms with Gasteiger partial charge in [0.25, 0.3) is 0 Å². The van der Waals surface area contributed by atoms with E-state index in [0.29, 0.717) is 24.3 Å². The summed E-state index contributed by atoms with van der Waals surface area (Å²) in [6, 6.07) is 20.5. The number of hydrogen-bond acceptors (Lipinski definition) is 4. The summed E-state index contributed by atoms with van der Waals surface area (Å²) in [6.07, 6.45) is 4.06. The highest BCUT2D eigenvalue weighted by atomic mass is 32.1. The third-order valence-electron chi connectivity index (χ3n) is 8.19. The number of aryl methyl sites for hydroxylation is 1. The number of aliphatic carboxylic acids is 1. The van der Waals surface area contributed by atoms with Gasteiger partial charge >= 0.3 is 18.0 Å². The number of hydrogen-bond donors (Lipinski definition) is 1. The quantitative estimate of drug-likeness (QED) is 0.397. The number of carboxylic acids is 1. The average Bonchev–Trinajstić information content (AvgIpc) is 3.72. The molecule has 3 atom stereocenters. The van der Waals surface area contributed by atoms with Crippen LogP contribution in [0.4, 0.5) is 21.0 Å². The summed E-state index contributed by atoms with van der Waals surface area (Å²) in [5.41, 5.74) is 1.33. The second kappa shape index (κ2) is 11.0. The van der Waals surface area contributed by atoms with Crippen molar-refractivity contribution in [2.75, 3.05) is 11.4 Å². The van der Waals surface area contributed by atoms with Gasteiger partial charge in [-0.3, -0.25) is 4.90 Å². The van der Waals surface area contributed by atoms with Crippen molar-refractivity contribution in [1.82, 2.24) is 14.7 Å². The highest BCUT2D eigenvalue weighted by Gasteiger charge is 2.53. The van der Waals surface area contributed by atoms with E-state index >= 15 is 0 Å². The summed E-state index contributed by atoms with van der Waals surface area (Å²) >= 11 is 1.69. The van der Waals surface area contributed by atoms with E-state index in [1.807, 2.05) is 70.5 Å². The monoisotopic (exact) mass is 558 g/mol. The number of carboxylic acid groups (broad SMARTS) is 1. The number of urea groups is 2. The summed E-state index contributed by atoms with van der Waals surface area (Å²) in [6.45, 7) is 2.78. The molecule has 1 saturated carbocycles. The van der Waals surface area contributed by atoms with Gasteiger partial charge in [-0.05, 0) is 75.4 Å². The minimum atomic E-state index is -1.13. The predicted octanol–water partition coefficient (Wildman–Crippen LogP) is 6.09. The number of para-hydroxylation sites is 2. The maximum Gasteiger partial charge on any atom is 0.329 e. The molecule has 1 aromatic heterocycles. The largest absolute Gasteiger partial charge is 0.480 e. The number of anilines is 2. The zero-order chi connectivity index (χ0) is 27.8. The van der Waals surface area contributed by atoms with Gasteiger partial charge in [0.05, 0.1) is 30.0 Å². The van der Waals surface area contributed by atoms with Crippen LogP contribution in [0.15, 0.2) is 72.8 Å². The molecule has 2 saturated heterocycles. The van der Waals surface area contributed by atoms with Crippen LogP contribution in [0.25, 0.3) is 0 Å². The Morgan fingerprint density at radius 1 is 0.875 bits per heavy atom. The second-order valence-electron chi connectivity index (χ2n) is 10.9. The third kappa shape index (κ3) is 5.06. The molecule has 0 unspecified atom stereocenters. The molecule has 3 aliphatic rings. The predicted molar refractivity (Wildman–Crippen MR) is 155 cm³/mol. The van der Waals surface area contributed by atoms with Gasteiger partial charge in [-0.15, -0.1) is 11.3 Å². The molecule has 0 radical (unpaired) electrons. The Hall–Kier alpha value is -3.85. The smallest absolute Gasteiger partial charge is 0.329 e. The number of carbonyl (C=O) groups is 3. The zero-order valence-corrected chi connectivity index (χ0v) is 23.4. The van der Waals surface area contributed by atoms with Gasteiger partial charge in [0.15, 0.2) is 6.04 Å². The van der Waals surface area contributed by atoms with E-state index in [0.717, 1.165) is 30.6 Å². The second-order valence-corrected chi connectivity index (χ2v) is 12.3. The van der Waals surface area contributed by atoms with Gasteiger partial charge in [0.1, 0.15) is 0 Å². The fourth-order valence-electron chi connectivity index (χ4n) is 6.22. The highest BCUT2D eigenvalue weighted by molar-refractivity contribution is 7.11. The van der Waals surface area contributed by atoms with E-state index in [4.69, 9.17) is 0 Å². The van der Waals surface area contributed by atoms with Crippen LogP contribution in [-0.2, 0) is 11.3 Å². The molecule has 6 rings (SSSR count). The number of piperidine rings is 1. The third-order valence-corrected chi connectivity index (χ3v) is 9.18. The highest BCUT2D eigenvalue weighted by Crippen LogP contribution is 2.39. The average molecular weight is 559 g/mol. The number of amides is 4. The Labute approximate surface area is 238 Å². The first kappa shape index (κ1) is 26.4. The van der Waals surface area contributed by atoms with Gasteiger partial charge in [0, 0.05) is 22.3 Å². The number of thiophene rings is 1. The molecular formula is C31H34N4O4S. The summed E-state index contributed by atoms with van der Waals surface area (Å²) < 4.78 is 0. The summed E-state index contributed by atoms with van der Waals surface area (Å²) in [5, 5.41) is 10.5. The Morgan fingerprint density at radius 2 is 1.52 bits per heavy atom. The Balaban J connectivity index is 1.32. The van der Waals surface area contributed by atoms with E-state index in [1.165, 1.54) is 9.78 Å². The van der Waals surface area contributed by atoms with Crippen molar-refractivity contribution in [3.63, 3.8) is 0 Å². The number of carbonyl (C=O) groups excluding carboxylic acids is 2. The summed E-state index contributed by atoms with van der Waals surface area (Å²) in [4.78, 5) is 50.5. The Morgan fingerprint density at radius 3 is 2.08 bits per heavy atom. The topological polar surface area (TPSA) is 84.4 Å². The van der Waals surface area contributed by atoms with Crippen molar-refractivity contribution < 1.29 is 19.5 Å². The van der Waals surface area contributed by atoms with Crippen LogP contribution in [-0.4, -0.2) is 68.5 Å². The fraction of sp³-hybridized carbons (Fsp3) is 0.387. The van der Waals surface area contributed by atoms with Gasteiger partial charge in [-0.2, -0.15) is 0 Å². The fourth-order valence-corrected chi connectivity index (χ4v) is 7.11. The van der Waals surface area contributed by atoms with E-state index in [-0.39, 0.29) is 30.7 Å². The lowest BCUT2D eigenvalue weighted by Crippen LogP contribution is -2.72. The molecule has 1 aliphatic carbocycles. The van der Waals surface area contributed by atoms with Gasteiger partial charge in [0.2, 0.25) is 0 Å². The lowest BCUT2D eigenvalue weighted by molar-refractivity contribution is -0.148. The molecule has 40 heavy (non-hydrogen) atoms. The maximum atomic E-state index is 14.3. The zero-order valence-electron chi connectivity index (χ0n) is 22.6. The Bertz CT molecular complexity index is 1340. The van der Waals surface area contributed by atoms with Crippen LogP contribution in [0.1, 0.15) is 41.9 Å². The SMILES string of the molecule is Cc1ccc(CN(C(=O)N2[C@H]3CCC[C@@H]2[C@@H](C(=O)O)N(C(=O)N(c2ccccc2)c2ccccc2)C3)C2CC2)s1. The molecule has 3 fully saturated rings. The molecule has 2 bridgehead atoms. The molecule has 3 heterocycles. The lowest BCUT2D eigenvalue weighted by Gasteiger charge is -2.54. The van der Waals surface area contributed by atoms with Crippen molar-refractivity contribution in [2.24, 2.45) is 0 Å². The number of nitrogens with zero attached hydrogens (tertiary/aromatic N) is 4. The molecule has 3 aromatic rings. The van der Waals surface area contributed by atoms with Crippen LogP contribution >= 0.6 is 11.3 Å². The number of likely N-dealkylation sites (tertiary alicyclic amines) is 1. The van der Waals surface area contributed by atoms with Crippen LogP contribution < -0.4 is 4.90 Å². The van der Waals surface area contributed by atoms with E-state index in [9.17, 15) is 19.5 Å². The van der Waals surface area contributed by atoms with Gasteiger partial charge in [-0.1, -0.05) is 36.4 Å². The molecule has 2 aromatic carbocycles. The van der Waals surface area contributed by atoms with Crippen LogP contribution in [0.3, 0.4) is 0 Å². The molecule has 208 valence electrons. The van der Waals surface area contributed by atoms with E-state index < -0.39 is 18.1 Å². The first-order valence-electron chi connectivity index (χ1n) is 14.0. The minimum absolute atomic E-state index is 0.0930. The van der Waals surface area contributed by atoms with E-state index in [1.54, 1.807) is 16.2 Å². The standard InChI is InChI=1S/C31H34N4O4S/c1-21-15-18-26(40-21)20-32(22-16-17-22)30(38)35-25-13-8-14-27(35)28(29(36)37)33(19-25)31(39)34(23-9-4-2-5-10-23)24-11-6-3-7-12-24/h2-7,9-12,15,18,22,25,27-28H,8,13-14,16-17,19-20H2,1H3,(H,36,37)/t25-,27+,28-/m0/s1. The first-order chi connectivity index (χ1) is 19.4. The van der Waals surface area contributed by atoms with Crippen molar-refractivity contribution in [1.29, 1.82) is 0 Å². The van der Waals surface area contributed by atoms with Crippen molar-refractivity contribution in [2.45, 2.75) is 69.7 Å². The van der Waals surface area contributed by atoms with Crippen LogP contribution in [0.5, 0.6) is 0 Å². The number of benzene rings is 2. The normalized spacial score (nSPS) is 22.1. The summed E-state index contributed by atoms with van der Waals surface area (Å²) in [5.74, 6) is -1.08. The molecule has 9 heteroatoms. The van der Waals surface area contributed by atoms with E-state index in [2.05, 4.69) is 19.1 Å². The molecule has 0 spiro atoms. The molecule has 4 amide bonds. The van der Waals surface area contributed by atoms with Crippen molar-refractivity contribution in [3.8, 4) is 0 Å². The lowest BCUT2D eigenvalue weighted by atomic mass is 9.86. The van der Waals surface area contributed by atoms with Crippen LogP contribution in [0.2, 0.25) is 0 Å². The number of rotatable bonds is 6. The minimum Gasteiger partial charge on any atom is -0.480 e. The summed E-state index contributed by atoms with van der Waals surface area (Å²) in [7, 11) is 0. The van der Waals surface area contributed by atoms with Crippen LogP contribution in [0, 0.1) is 6.92 Å². The van der Waals surface area contributed by atoms with Crippen molar-refractivity contribution >= 4 is 40.7 Å². The first-order valence-corrected chi connectivity index (χ1v) is 14.8. The van der Waals surface area contributed by atoms with Crippen molar-refractivity contribution in [3.05, 3.63) is 82.6 Å². The van der Waals surface area contributed by atoms with Gasteiger partial charge in [-0.25, -0.2) is 14.4 Å². The maximum absolute atomic E-state index is 14.3.